The third kappa shape index (κ3) is 4.96. The van der Waals surface area contributed by atoms with Crippen molar-refractivity contribution in [3.63, 3.8) is 0 Å². The molecule has 1 rings (SSSR count). The predicted octanol–water partition coefficient (Wildman–Crippen LogP) is 3.52. The Labute approximate surface area is 126 Å². The highest BCUT2D eigenvalue weighted by molar-refractivity contribution is 8.33. The van der Waals surface area contributed by atoms with E-state index >= 15 is 0 Å². The topological polar surface area (TPSA) is 38.3 Å². The molecular formula is C16H33NO2S. The van der Waals surface area contributed by atoms with Crippen molar-refractivity contribution < 1.29 is 9.53 Å². The highest BCUT2D eigenvalue weighted by atomic mass is 32.3. The number of nitrogens with one attached hydrogen (secondary N) is 1. The Balaban J connectivity index is 2.62. The maximum Gasteiger partial charge on any atom is 0.220 e. The average Bonchev–Trinajstić information content (AvgIpc) is 2.25. The number of rotatable bonds is 5. The van der Waals surface area contributed by atoms with Crippen molar-refractivity contribution in [3.05, 3.63) is 0 Å². The summed E-state index contributed by atoms with van der Waals surface area (Å²) in [5.74, 6) is 1.58. The summed E-state index contributed by atoms with van der Waals surface area (Å²) in [6, 6.07) is 0.186. The van der Waals surface area contributed by atoms with E-state index in [1.54, 1.807) is 0 Å². The molecule has 0 unspecified atom stereocenters. The van der Waals surface area contributed by atoms with Crippen molar-refractivity contribution in [2.75, 3.05) is 18.5 Å². The summed E-state index contributed by atoms with van der Waals surface area (Å²) in [5.41, 5.74) is 0. The lowest BCUT2D eigenvalue weighted by molar-refractivity contribution is -0.127. The van der Waals surface area contributed by atoms with Crippen molar-refractivity contribution in [1.29, 1.82) is 0 Å². The molecule has 0 aromatic rings. The molecule has 2 atom stereocenters. The van der Waals surface area contributed by atoms with E-state index in [0.29, 0.717) is 17.1 Å². The Morgan fingerprint density at radius 2 is 1.95 bits per heavy atom. The summed E-state index contributed by atoms with van der Waals surface area (Å²) in [7, 11) is -0.797. The monoisotopic (exact) mass is 303 g/mol. The van der Waals surface area contributed by atoms with Gasteiger partial charge in [-0.15, -0.1) is 0 Å². The molecule has 4 heteroatoms. The third-order valence-electron chi connectivity index (χ3n) is 4.41. The number of carbonyl (C=O) groups is 1. The molecular weight excluding hydrogens is 270 g/mol. The van der Waals surface area contributed by atoms with Crippen LogP contribution < -0.4 is 5.32 Å². The number of hydrogen-bond donors (Lipinski definition) is 1. The SMILES string of the molecule is CC(C)C[C@H]1NC(=O)CC[C@@H]1OCS(C)(C)C(C)(C)C. The maximum atomic E-state index is 11.6. The number of piperidine rings is 1. The molecule has 0 aromatic carbocycles. The van der Waals surface area contributed by atoms with Crippen LogP contribution in [0.5, 0.6) is 0 Å². The molecule has 1 saturated heterocycles. The van der Waals surface area contributed by atoms with E-state index in [4.69, 9.17) is 4.74 Å². The molecule has 0 aromatic heterocycles. The largest absolute Gasteiger partial charge is 0.367 e. The van der Waals surface area contributed by atoms with E-state index in [0.717, 1.165) is 18.8 Å². The summed E-state index contributed by atoms with van der Waals surface area (Å²) in [5, 5.41) is 3.12. The van der Waals surface area contributed by atoms with Gasteiger partial charge in [0.2, 0.25) is 5.91 Å². The molecule has 1 aliphatic rings. The van der Waals surface area contributed by atoms with Crippen molar-refractivity contribution in [2.45, 2.75) is 70.8 Å². The fourth-order valence-corrected chi connectivity index (χ4v) is 3.07. The van der Waals surface area contributed by atoms with Gasteiger partial charge in [-0.2, -0.15) is 0 Å². The van der Waals surface area contributed by atoms with Gasteiger partial charge in [0, 0.05) is 6.42 Å². The van der Waals surface area contributed by atoms with Crippen LogP contribution in [-0.2, 0) is 9.53 Å². The third-order valence-corrected chi connectivity index (χ3v) is 8.45. The summed E-state index contributed by atoms with van der Waals surface area (Å²) in [4.78, 5) is 11.6. The molecule has 1 aliphatic heterocycles. The Bertz CT molecular complexity index is 334. The van der Waals surface area contributed by atoms with E-state index in [1.165, 1.54) is 0 Å². The summed E-state index contributed by atoms with van der Waals surface area (Å²) < 4.78 is 6.55. The summed E-state index contributed by atoms with van der Waals surface area (Å²) >= 11 is 0. The van der Waals surface area contributed by atoms with Gasteiger partial charge in [0.1, 0.15) is 0 Å². The first-order valence-corrected chi connectivity index (χ1v) is 10.3. The minimum atomic E-state index is -0.797. The van der Waals surface area contributed by atoms with E-state index in [2.05, 4.69) is 52.4 Å². The molecule has 1 heterocycles. The first kappa shape index (κ1) is 17.8. The zero-order valence-corrected chi connectivity index (χ0v) is 15.1. The van der Waals surface area contributed by atoms with Gasteiger partial charge in [-0.25, -0.2) is 10.0 Å². The number of amides is 1. The minimum Gasteiger partial charge on any atom is -0.367 e. The van der Waals surface area contributed by atoms with Gasteiger partial charge in [-0.1, -0.05) is 34.6 Å². The molecule has 0 aliphatic carbocycles. The first-order valence-electron chi connectivity index (χ1n) is 7.64. The summed E-state index contributed by atoms with van der Waals surface area (Å²) in [6.07, 6.45) is 7.33. The first-order chi connectivity index (χ1) is 9.03. The fourth-order valence-electron chi connectivity index (χ4n) is 2.20. The second-order valence-electron chi connectivity index (χ2n) is 7.82. The Kier molecular flexibility index (Phi) is 5.97. The maximum absolute atomic E-state index is 11.6. The Morgan fingerprint density at radius 3 is 2.45 bits per heavy atom. The van der Waals surface area contributed by atoms with Gasteiger partial charge in [0.05, 0.1) is 18.1 Å². The van der Waals surface area contributed by atoms with Gasteiger partial charge >= 0.3 is 0 Å². The van der Waals surface area contributed by atoms with Gasteiger partial charge < -0.3 is 10.1 Å². The Hall–Kier alpha value is -0.220. The average molecular weight is 304 g/mol. The van der Waals surface area contributed by atoms with Gasteiger partial charge in [0.25, 0.3) is 0 Å². The highest BCUT2D eigenvalue weighted by Crippen LogP contribution is 2.52. The second kappa shape index (κ2) is 6.69. The number of ether oxygens (including phenoxy) is 1. The highest BCUT2D eigenvalue weighted by Gasteiger charge is 2.33. The molecule has 0 bridgehead atoms. The van der Waals surface area contributed by atoms with Crippen molar-refractivity contribution in [3.8, 4) is 0 Å². The molecule has 3 nitrogen and oxygen atoms in total. The van der Waals surface area contributed by atoms with Crippen LogP contribution in [0.3, 0.4) is 0 Å². The van der Waals surface area contributed by atoms with Crippen LogP contribution in [0.1, 0.15) is 53.9 Å². The lowest BCUT2D eigenvalue weighted by Gasteiger charge is -2.46. The van der Waals surface area contributed by atoms with Gasteiger partial charge in [-0.05, 0) is 36.0 Å². The van der Waals surface area contributed by atoms with Crippen LogP contribution in [0.2, 0.25) is 0 Å². The normalized spacial score (nSPS) is 25.7. The zero-order chi connectivity index (χ0) is 15.6. The standard InChI is InChI=1S/C16H33NO2S/c1-12(2)10-13-14(8-9-15(18)17-13)19-11-20(6,7)16(3,4)5/h12-14H,8-11H2,1-7H3,(H,17,18)/t13-,14+/m1/s1. The van der Waals surface area contributed by atoms with Crippen LogP contribution in [0.4, 0.5) is 0 Å². The molecule has 0 radical (unpaired) electrons. The molecule has 1 N–H and O–H groups in total. The van der Waals surface area contributed by atoms with Crippen molar-refractivity contribution >= 4 is 15.9 Å². The molecule has 0 spiro atoms. The quantitative estimate of drug-likeness (QED) is 0.844. The smallest absolute Gasteiger partial charge is 0.220 e. The van der Waals surface area contributed by atoms with Crippen LogP contribution >= 0.6 is 10.0 Å². The van der Waals surface area contributed by atoms with Crippen LogP contribution in [-0.4, -0.2) is 41.3 Å². The van der Waals surface area contributed by atoms with Crippen molar-refractivity contribution in [1.82, 2.24) is 5.32 Å². The van der Waals surface area contributed by atoms with Crippen LogP contribution in [0.25, 0.3) is 0 Å². The van der Waals surface area contributed by atoms with E-state index < -0.39 is 10.0 Å². The number of carbonyl (C=O) groups excluding carboxylic acids is 1. The van der Waals surface area contributed by atoms with Crippen molar-refractivity contribution in [2.24, 2.45) is 5.92 Å². The molecule has 1 fully saturated rings. The minimum absolute atomic E-state index is 0.179. The predicted molar refractivity (Wildman–Crippen MR) is 89.6 cm³/mol. The van der Waals surface area contributed by atoms with E-state index in [9.17, 15) is 4.79 Å². The van der Waals surface area contributed by atoms with Gasteiger partial charge in [-0.3, -0.25) is 4.79 Å². The lowest BCUT2D eigenvalue weighted by atomic mass is 9.93. The van der Waals surface area contributed by atoms with Crippen LogP contribution in [0, 0.1) is 5.92 Å². The molecule has 20 heavy (non-hydrogen) atoms. The molecule has 1 amide bonds. The van der Waals surface area contributed by atoms with E-state index in [1.807, 2.05) is 0 Å². The Morgan fingerprint density at radius 1 is 1.35 bits per heavy atom. The lowest BCUT2D eigenvalue weighted by Crippen LogP contribution is -2.50. The summed E-state index contributed by atoms with van der Waals surface area (Å²) in [6.45, 7) is 11.3. The van der Waals surface area contributed by atoms with E-state index in [-0.39, 0.29) is 18.1 Å². The molecule has 0 saturated carbocycles. The zero-order valence-electron chi connectivity index (χ0n) is 14.3. The van der Waals surface area contributed by atoms with Gasteiger partial charge in [0.15, 0.2) is 0 Å². The second-order valence-corrected chi connectivity index (χ2v) is 12.4. The molecule has 120 valence electrons. The fraction of sp³-hybridized carbons (Fsp3) is 0.938. The van der Waals surface area contributed by atoms with Crippen LogP contribution in [0.15, 0.2) is 0 Å². The number of hydrogen-bond acceptors (Lipinski definition) is 2.